The van der Waals surface area contributed by atoms with E-state index >= 15 is 0 Å². The van der Waals surface area contributed by atoms with E-state index in [1.165, 1.54) is 10.6 Å². The molecule has 2 aromatic rings. The molecule has 2 rings (SSSR count). The first-order chi connectivity index (χ1) is 11.3. The van der Waals surface area contributed by atoms with Crippen LogP contribution in [-0.4, -0.2) is 33.7 Å². The molecule has 1 aromatic heterocycles. The SMILES string of the molecule is CC(C)c1ccc(N(CCNC(=O)c2ccco2)S(C)(=O)=O)cc1. The third-order valence-corrected chi connectivity index (χ3v) is 4.79. The van der Waals surface area contributed by atoms with Crippen LogP contribution >= 0.6 is 0 Å². The highest BCUT2D eigenvalue weighted by atomic mass is 32.2. The second-order valence-corrected chi connectivity index (χ2v) is 7.72. The third kappa shape index (κ3) is 4.61. The second-order valence-electron chi connectivity index (χ2n) is 5.81. The molecule has 1 heterocycles. The van der Waals surface area contributed by atoms with Gasteiger partial charge in [-0.1, -0.05) is 26.0 Å². The standard InChI is InChI=1S/C17H22N2O4S/c1-13(2)14-6-8-15(9-7-14)19(24(3,21)22)11-10-18-17(20)16-5-4-12-23-16/h4-9,12-13H,10-11H2,1-3H3,(H,18,20). The van der Waals surface area contributed by atoms with Gasteiger partial charge in [0, 0.05) is 6.54 Å². The van der Waals surface area contributed by atoms with Crippen LogP contribution in [0.5, 0.6) is 0 Å². The van der Waals surface area contributed by atoms with E-state index in [2.05, 4.69) is 19.2 Å². The van der Waals surface area contributed by atoms with E-state index in [0.717, 1.165) is 11.8 Å². The Kier molecular flexibility index (Phi) is 5.66. The minimum absolute atomic E-state index is 0.145. The molecule has 1 N–H and O–H groups in total. The van der Waals surface area contributed by atoms with Gasteiger partial charge in [-0.2, -0.15) is 0 Å². The summed E-state index contributed by atoms with van der Waals surface area (Å²) in [4.78, 5) is 11.8. The van der Waals surface area contributed by atoms with Crippen LogP contribution in [0, 0.1) is 0 Å². The van der Waals surface area contributed by atoms with Crippen LogP contribution in [0.4, 0.5) is 5.69 Å². The maximum atomic E-state index is 12.0. The minimum Gasteiger partial charge on any atom is -0.459 e. The lowest BCUT2D eigenvalue weighted by Crippen LogP contribution is -2.38. The van der Waals surface area contributed by atoms with Crippen LogP contribution in [0.1, 0.15) is 35.9 Å². The Morgan fingerprint density at radius 1 is 1.21 bits per heavy atom. The number of rotatable bonds is 7. The van der Waals surface area contributed by atoms with Crippen LogP contribution in [-0.2, 0) is 10.0 Å². The largest absolute Gasteiger partial charge is 0.459 e. The van der Waals surface area contributed by atoms with Crippen molar-refractivity contribution in [2.45, 2.75) is 19.8 Å². The second kappa shape index (κ2) is 7.53. The van der Waals surface area contributed by atoms with Gasteiger partial charge in [0.2, 0.25) is 10.0 Å². The zero-order valence-corrected chi connectivity index (χ0v) is 14.8. The molecule has 24 heavy (non-hydrogen) atoms. The van der Waals surface area contributed by atoms with E-state index in [4.69, 9.17) is 4.42 Å². The number of nitrogens with zero attached hydrogens (tertiary/aromatic N) is 1. The molecule has 0 aliphatic heterocycles. The van der Waals surface area contributed by atoms with E-state index in [-0.39, 0.29) is 24.8 Å². The number of amides is 1. The summed E-state index contributed by atoms with van der Waals surface area (Å²) in [5, 5.41) is 2.65. The highest BCUT2D eigenvalue weighted by molar-refractivity contribution is 7.92. The summed E-state index contributed by atoms with van der Waals surface area (Å²) in [6.45, 7) is 4.48. The molecule has 0 aliphatic rings. The van der Waals surface area contributed by atoms with Crippen LogP contribution in [0.3, 0.4) is 0 Å². The Hall–Kier alpha value is -2.28. The molecule has 0 atom stereocenters. The predicted molar refractivity (Wildman–Crippen MR) is 93.8 cm³/mol. The fourth-order valence-corrected chi connectivity index (χ4v) is 3.21. The summed E-state index contributed by atoms with van der Waals surface area (Å²) in [6, 6.07) is 10.6. The molecule has 6 nitrogen and oxygen atoms in total. The number of carbonyl (C=O) groups excluding carboxylic acids is 1. The lowest BCUT2D eigenvalue weighted by Gasteiger charge is -2.23. The fraction of sp³-hybridized carbons (Fsp3) is 0.353. The Bertz CT molecular complexity index is 765. The maximum Gasteiger partial charge on any atom is 0.287 e. The first kappa shape index (κ1) is 18.1. The van der Waals surface area contributed by atoms with Crippen LogP contribution in [0.25, 0.3) is 0 Å². The van der Waals surface area contributed by atoms with Gasteiger partial charge in [-0.05, 0) is 35.7 Å². The smallest absolute Gasteiger partial charge is 0.287 e. The lowest BCUT2D eigenvalue weighted by atomic mass is 10.0. The van der Waals surface area contributed by atoms with Gasteiger partial charge < -0.3 is 9.73 Å². The lowest BCUT2D eigenvalue weighted by molar-refractivity contribution is 0.0927. The molecule has 0 radical (unpaired) electrons. The maximum absolute atomic E-state index is 12.0. The molecule has 130 valence electrons. The van der Waals surface area contributed by atoms with E-state index in [9.17, 15) is 13.2 Å². The highest BCUT2D eigenvalue weighted by Crippen LogP contribution is 2.21. The molecule has 1 aromatic carbocycles. The van der Waals surface area contributed by atoms with Crippen molar-refractivity contribution >= 4 is 21.6 Å². The van der Waals surface area contributed by atoms with Crippen LogP contribution in [0.15, 0.2) is 47.1 Å². The zero-order valence-electron chi connectivity index (χ0n) is 14.0. The summed E-state index contributed by atoms with van der Waals surface area (Å²) in [6.07, 6.45) is 2.56. The van der Waals surface area contributed by atoms with Crippen molar-refractivity contribution in [2.24, 2.45) is 0 Å². The van der Waals surface area contributed by atoms with Gasteiger partial charge in [0.25, 0.3) is 5.91 Å². The minimum atomic E-state index is -3.44. The summed E-state index contributed by atoms with van der Waals surface area (Å²) in [5.41, 5.74) is 1.72. The number of hydrogen-bond donors (Lipinski definition) is 1. The van der Waals surface area contributed by atoms with Gasteiger partial charge in [0.05, 0.1) is 24.8 Å². The van der Waals surface area contributed by atoms with E-state index < -0.39 is 10.0 Å². The first-order valence-electron chi connectivity index (χ1n) is 7.68. The molecule has 0 unspecified atom stereocenters. The molecule has 0 bridgehead atoms. The molecule has 0 saturated carbocycles. The molecule has 0 fully saturated rings. The van der Waals surface area contributed by atoms with Gasteiger partial charge in [-0.3, -0.25) is 9.10 Å². The van der Waals surface area contributed by atoms with Crippen molar-refractivity contribution in [1.82, 2.24) is 5.32 Å². The first-order valence-corrected chi connectivity index (χ1v) is 9.53. The Morgan fingerprint density at radius 3 is 2.38 bits per heavy atom. The van der Waals surface area contributed by atoms with Crippen molar-refractivity contribution in [2.75, 3.05) is 23.7 Å². The number of anilines is 1. The third-order valence-electron chi connectivity index (χ3n) is 3.59. The van der Waals surface area contributed by atoms with Gasteiger partial charge in [0.15, 0.2) is 5.76 Å². The number of sulfonamides is 1. The normalized spacial score (nSPS) is 11.5. The number of carbonyl (C=O) groups is 1. The number of hydrogen-bond acceptors (Lipinski definition) is 4. The monoisotopic (exact) mass is 350 g/mol. The quantitative estimate of drug-likeness (QED) is 0.832. The number of nitrogens with one attached hydrogen (secondary N) is 1. The zero-order chi connectivity index (χ0) is 17.7. The molecule has 0 spiro atoms. The summed E-state index contributed by atoms with van der Waals surface area (Å²) in [7, 11) is -3.44. The number of benzene rings is 1. The van der Waals surface area contributed by atoms with E-state index in [1.54, 1.807) is 24.3 Å². The Labute approximate surface area is 142 Å². The molecular formula is C17H22N2O4S. The van der Waals surface area contributed by atoms with Gasteiger partial charge in [0.1, 0.15) is 0 Å². The van der Waals surface area contributed by atoms with Crippen molar-refractivity contribution in [3.05, 3.63) is 54.0 Å². The van der Waals surface area contributed by atoms with Crippen molar-refractivity contribution in [3.63, 3.8) is 0 Å². The van der Waals surface area contributed by atoms with Crippen molar-refractivity contribution < 1.29 is 17.6 Å². The topological polar surface area (TPSA) is 79.6 Å². The average molecular weight is 350 g/mol. The Morgan fingerprint density at radius 2 is 1.88 bits per heavy atom. The highest BCUT2D eigenvalue weighted by Gasteiger charge is 2.18. The number of furan rings is 1. The van der Waals surface area contributed by atoms with Gasteiger partial charge in [-0.25, -0.2) is 8.42 Å². The molecule has 0 saturated heterocycles. The van der Waals surface area contributed by atoms with Gasteiger partial charge in [-0.15, -0.1) is 0 Å². The molecule has 0 aliphatic carbocycles. The van der Waals surface area contributed by atoms with E-state index in [1.807, 2.05) is 12.1 Å². The van der Waals surface area contributed by atoms with Crippen molar-refractivity contribution in [1.29, 1.82) is 0 Å². The summed E-state index contributed by atoms with van der Waals surface area (Å²) >= 11 is 0. The van der Waals surface area contributed by atoms with Crippen molar-refractivity contribution in [3.8, 4) is 0 Å². The van der Waals surface area contributed by atoms with Crippen LogP contribution < -0.4 is 9.62 Å². The molecule has 7 heteroatoms. The fourth-order valence-electron chi connectivity index (χ4n) is 2.28. The summed E-state index contributed by atoms with van der Waals surface area (Å²) in [5.74, 6) is 0.198. The Balaban J connectivity index is 2.05. The van der Waals surface area contributed by atoms with E-state index in [0.29, 0.717) is 11.6 Å². The average Bonchev–Trinajstić information content (AvgIpc) is 3.04. The summed E-state index contributed by atoms with van der Waals surface area (Å²) < 4.78 is 30.4. The van der Waals surface area contributed by atoms with Gasteiger partial charge >= 0.3 is 0 Å². The molecule has 1 amide bonds. The van der Waals surface area contributed by atoms with Crippen LogP contribution in [0.2, 0.25) is 0 Å². The predicted octanol–water partition coefficient (Wildman–Crippen LogP) is 2.60. The molecular weight excluding hydrogens is 328 g/mol.